The fraction of sp³-hybridized carbons (Fsp3) is 0.611. The Morgan fingerprint density at radius 3 is 2.44 bits per heavy atom. The number of hydrogen-bond donors (Lipinski definition) is 2. The summed E-state index contributed by atoms with van der Waals surface area (Å²) in [5.74, 6) is -0.116. The first kappa shape index (κ1) is 19.3. The molecule has 0 radical (unpaired) electrons. The molecule has 0 saturated carbocycles. The predicted octanol–water partition coefficient (Wildman–Crippen LogP) is 1.57. The largest absolute Gasteiger partial charge is 0.340 e. The standard InChI is InChI=1S/C18H28N4O3/c23-17(20-25)7-3-1-2-4-8-18(24)22-12-10-21(11-13-22)15-16-6-5-9-19-14-16/h5-6,9,14,25H,1-4,7-8,10-13,15H2,(H,20,23). The van der Waals surface area contributed by atoms with Crippen LogP contribution < -0.4 is 5.48 Å². The second-order valence-electron chi connectivity index (χ2n) is 6.47. The minimum atomic E-state index is -0.347. The van der Waals surface area contributed by atoms with Gasteiger partial charge in [-0.2, -0.15) is 0 Å². The van der Waals surface area contributed by atoms with Crippen molar-refractivity contribution in [2.45, 2.75) is 45.1 Å². The molecule has 1 fully saturated rings. The Labute approximate surface area is 149 Å². The van der Waals surface area contributed by atoms with Gasteiger partial charge in [0.25, 0.3) is 0 Å². The molecule has 1 aromatic rings. The molecule has 1 saturated heterocycles. The fourth-order valence-corrected chi connectivity index (χ4v) is 3.03. The minimum absolute atomic E-state index is 0.231. The SMILES string of the molecule is O=C(CCCCCCC(=O)N1CCN(Cc2cccnc2)CC1)NO. The van der Waals surface area contributed by atoms with Crippen LogP contribution in [0.2, 0.25) is 0 Å². The Bertz CT molecular complexity index is 530. The van der Waals surface area contributed by atoms with Gasteiger partial charge in [0.15, 0.2) is 0 Å². The van der Waals surface area contributed by atoms with E-state index in [1.165, 1.54) is 5.56 Å². The van der Waals surface area contributed by atoms with Crippen molar-refractivity contribution >= 4 is 11.8 Å². The first-order chi connectivity index (χ1) is 12.2. The quantitative estimate of drug-likeness (QED) is 0.402. The molecule has 0 spiro atoms. The molecule has 2 heterocycles. The molecule has 0 bridgehead atoms. The number of piperazine rings is 1. The number of unbranched alkanes of at least 4 members (excludes halogenated alkanes) is 3. The van der Waals surface area contributed by atoms with Crippen molar-refractivity contribution in [2.75, 3.05) is 26.2 Å². The maximum Gasteiger partial charge on any atom is 0.243 e. The Morgan fingerprint density at radius 1 is 1.08 bits per heavy atom. The first-order valence-electron chi connectivity index (χ1n) is 9.01. The van der Waals surface area contributed by atoms with Gasteiger partial charge in [-0.25, -0.2) is 5.48 Å². The molecule has 0 aromatic carbocycles. The van der Waals surface area contributed by atoms with Gasteiger partial charge in [-0.3, -0.25) is 24.7 Å². The van der Waals surface area contributed by atoms with E-state index in [-0.39, 0.29) is 11.8 Å². The topological polar surface area (TPSA) is 85.8 Å². The minimum Gasteiger partial charge on any atom is -0.340 e. The summed E-state index contributed by atoms with van der Waals surface area (Å²) in [6.45, 7) is 4.26. The summed E-state index contributed by atoms with van der Waals surface area (Å²) in [6, 6.07) is 4.03. The van der Waals surface area contributed by atoms with Crippen molar-refractivity contribution < 1.29 is 14.8 Å². The molecule has 0 unspecified atom stereocenters. The van der Waals surface area contributed by atoms with E-state index in [1.807, 2.05) is 17.2 Å². The highest BCUT2D eigenvalue weighted by Gasteiger charge is 2.20. The van der Waals surface area contributed by atoms with E-state index in [0.717, 1.165) is 58.4 Å². The van der Waals surface area contributed by atoms with Gasteiger partial charge in [0.1, 0.15) is 0 Å². The number of nitrogens with one attached hydrogen (secondary N) is 1. The van der Waals surface area contributed by atoms with E-state index in [9.17, 15) is 9.59 Å². The van der Waals surface area contributed by atoms with Crippen LogP contribution in [-0.4, -0.2) is 58.0 Å². The number of amides is 2. The molecule has 2 N–H and O–H groups in total. The van der Waals surface area contributed by atoms with Crippen LogP contribution in [0.25, 0.3) is 0 Å². The lowest BCUT2D eigenvalue weighted by Gasteiger charge is -2.34. The zero-order chi connectivity index (χ0) is 17.9. The number of rotatable bonds is 9. The number of hydrogen-bond acceptors (Lipinski definition) is 5. The molecule has 1 aromatic heterocycles. The van der Waals surface area contributed by atoms with Crippen molar-refractivity contribution in [3.05, 3.63) is 30.1 Å². The van der Waals surface area contributed by atoms with Crippen molar-refractivity contribution in [1.82, 2.24) is 20.3 Å². The van der Waals surface area contributed by atoms with Crippen molar-refractivity contribution in [1.29, 1.82) is 0 Å². The maximum absolute atomic E-state index is 12.3. The highest BCUT2D eigenvalue weighted by Crippen LogP contribution is 2.11. The highest BCUT2D eigenvalue weighted by atomic mass is 16.5. The van der Waals surface area contributed by atoms with Gasteiger partial charge in [0.2, 0.25) is 11.8 Å². The van der Waals surface area contributed by atoms with E-state index in [2.05, 4.69) is 16.0 Å². The fourth-order valence-electron chi connectivity index (χ4n) is 3.03. The number of carbonyl (C=O) groups excluding carboxylic acids is 2. The van der Waals surface area contributed by atoms with Gasteiger partial charge in [-0.1, -0.05) is 18.9 Å². The van der Waals surface area contributed by atoms with E-state index in [1.54, 1.807) is 11.7 Å². The van der Waals surface area contributed by atoms with Gasteiger partial charge in [-0.15, -0.1) is 0 Å². The summed E-state index contributed by atoms with van der Waals surface area (Å²) < 4.78 is 0. The molecular weight excluding hydrogens is 320 g/mol. The average Bonchev–Trinajstić information content (AvgIpc) is 2.65. The van der Waals surface area contributed by atoms with Gasteiger partial charge in [0.05, 0.1) is 0 Å². The average molecular weight is 348 g/mol. The second-order valence-corrected chi connectivity index (χ2v) is 6.47. The molecule has 1 aliphatic rings. The third-order valence-electron chi connectivity index (χ3n) is 4.52. The predicted molar refractivity (Wildman–Crippen MR) is 93.7 cm³/mol. The summed E-state index contributed by atoms with van der Waals surface area (Å²) in [6.07, 6.45) is 8.02. The Morgan fingerprint density at radius 2 is 1.80 bits per heavy atom. The van der Waals surface area contributed by atoms with E-state index in [0.29, 0.717) is 12.8 Å². The van der Waals surface area contributed by atoms with Crippen LogP contribution in [0, 0.1) is 0 Å². The summed E-state index contributed by atoms with van der Waals surface area (Å²) >= 11 is 0. The Hall–Kier alpha value is -1.99. The van der Waals surface area contributed by atoms with Crippen molar-refractivity contribution in [3.8, 4) is 0 Å². The van der Waals surface area contributed by atoms with E-state index < -0.39 is 0 Å². The molecule has 0 atom stereocenters. The second kappa shape index (κ2) is 10.8. The van der Waals surface area contributed by atoms with Crippen molar-refractivity contribution in [2.24, 2.45) is 0 Å². The third-order valence-corrected chi connectivity index (χ3v) is 4.52. The molecule has 2 amide bonds. The molecule has 7 heteroatoms. The normalized spacial score (nSPS) is 15.2. The van der Waals surface area contributed by atoms with Crippen LogP contribution in [0.4, 0.5) is 0 Å². The van der Waals surface area contributed by atoms with Crippen LogP contribution in [0.1, 0.15) is 44.1 Å². The zero-order valence-electron chi connectivity index (χ0n) is 14.7. The highest BCUT2D eigenvalue weighted by molar-refractivity contribution is 5.76. The smallest absolute Gasteiger partial charge is 0.243 e. The van der Waals surface area contributed by atoms with Gasteiger partial charge < -0.3 is 4.90 Å². The van der Waals surface area contributed by atoms with Crippen LogP contribution >= 0.6 is 0 Å². The van der Waals surface area contributed by atoms with Gasteiger partial charge >= 0.3 is 0 Å². The van der Waals surface area contributed by atoms with E-state index >= 15 is 0 Å². The van der Waals surface area contributed by atoms with Crippen LogP contribution in [0.3, 0.4) is 0 Å². The van der Waals surface area contributed by atoms with Gasteiger partial charge in [-0.05, 0) is 24.5 Å². The number of pyridine rings is 1. The molecule has 138 valence electrons. The van der Waals surface area contributed by atoms with Crippen LogP contribution in [0.5, 0.6) is 0 Å². The molecule has 0 aliphatic carbocycles. The lowest BCUT2D eigenvalue weighted by Crippen LogP contribution is -2.48. The lowest BCUT2D eigenvalue weighted by molar-refractivity contribution is -0.133. The summed E-state index contributed by atoms with van der Waals surface area (Å²) in [5, 5.41) is 8.40. The third kappa shape index (κ3) is 7.19. The van der Waals surface area contributed by atoms with Crippen LogP contribution in [0.15, 0.2) is 24.5 Å². The molecular formula is C18H28N4O3. The van der Waals surface area contributed by atoms with Crippen molar-refractivity contribution in [3.63, 3.8) is 0 Å². The summed E-state index contributed by atoms with van der Waals surface area (Å²) in [7, 11) is 0. The Balaban J connectivity index is 1.56. The zero-order valence-corrected chi connectivity index (χ0v) is 14.7. The number of nitrogens with zero attached hydrogens (tertiary/aromatic N) is 3. The van der Waals surface area contributed by atoms with E-state index in [4.69, 9.17) is 5.21 Å². The monoisotopic (exact) mass is 348 g/mol. The van der Waals surface area contributed by atoms with Gasteiger partial charge in [0, 0.05) is 58.0 Å². The lowest BCUT2D eigenvalue weighted by atomic mass is 10.1. The molecule has 1 aliphatic heterocycles. The summed E-state index contributed by atoms with van der Waals surface area (Å²) in [4.78, 5) is 31.6. The molecule has 25 heavy (non-hydrogen) atoms. The first-order valence-corrected chi connectivity index (χ1v) is 9.01. The maximum atomic E-state index is 12.3. The Kier molecular flexibility index (Phi) is 8.34. The molecule has 2 rings (SSSR count). The number of carbonyl (C=O) groups is 2. The molecule has 7 nitrogen and oxygen atoms in total. The summed E-state index contributed by atoms with van der Waals surface area (Å²) in [5.41, 5.74) is 2.83. The van der Waals surface area contributed by atoms with Crippen LogP contribution in [-0.2, 0) is 16.1 Å². The number of aromatic nitrogens is 1. The number of hydroxylamine groups is 1.